The summed E-state index contributed by atoms with van der Waals surface area (Å²) in [6, 6.07) is 4.27. The predicted molar refractivity (Wildman–Crippen MR) is 53.4 cm³/mol. The first-order valence-electron chi connectivity index (χ1n) is 4.49. The van der Waals surface area contributed by atoms with Gasteiger partial charge in [0.2, 0.25) is 0 Å². The van der Waals surface area contributed by atoms with E-state index in [9.17, 15) is 0 Å². The van der Waals surface area contributed by atoms with Crippen molar-refractivity contribution in [1.82, 2.24) is 0 Å². The Morgan fingerprint density at radius 1 is 0.857 bits per heavy atom. The van der Waals surface area contributed by atoms with Crippen molar-refractivity contribution in [3.05, 3.63) is 0 Å². The molecule has 0 spiro atoms. The Labute approximate surface area is 85.3 Å². The molecule has 0 heterocycles. The maximum Gasteiger partial charge on any atom is 0.0780 e. The molecule has 0 atom stereocenters. The van der Waals surface area contributed by atoms with Gasteiger partial charge >= 0.3 is 0 Å². The molecule has 76 valence electrons. The van der Waals surface area contributed by atoms with Crippen molar-refractivity contribution in [3.8, 4) is 12.1 Å². The fourth-order valence-electron chi connectivity index (χ4n) is 0.524. The van der Waals surface area contributed by atoms with Crippen molar-refractivity contribution < 1.29 is 0 Å². The average Bonchev–Trinajstić information content (AvgIpc) is 2.13. The Kier molecular flexibility index (Phi) is 4.24. The van der Waals surface area contributed by atoms with Crippen LogP contribution in [0, 0.1) is 33.5 Å². The second-order valence-electron chi connectivity index (χ2n) is 4.59. The first-order chi connectivity index (χ1) is 6.33. The van der Waals surface area contributed by atoms with Crippen molar-refractivity contribution in [1.29, 1.82) is 10.5 Å². The lowest BCUT2D eigenvalue weighted by Crippen LogP contribution is -2.14. The molecule has 0 aromatic carbocycles. The lowest BCUT2D eigenvalue weighted by atomic mass is 9.96. The van der Waals surface area contributed by atoms with Gasteiger partial charge in [-0.05, 0) is 27.7 Å². The van der Waals surface area contributed by atoms with Crippen molar-refractivity contribution in [2.45, 2.75) is 27.7 Å². The molecular formula is C10H16N4. The highest BCUT2D eigenvalue weighted by molar-refractivity contribution is 4.94. The molecule has 0 saturated carbocycles. The normalized spacial score (nSPS) is 12.4. The average molecular weight is 192 g/mol. The van der Waals surface area contributed by atoms with E-state index in [4.69, 9.17) is 10.5 Å². The highest BCUT2D eigenvalue weighted by atomic mass is 15.1. The second kappa shape index (κ2) is 4.72. The van der Waals surface area contributed by atoms with Gasteiger partial charge in [-0.3, -0.25) is 0 Å². The SMILES string of the molecule is CC(C)(C#N)CN=NCC(C)(C)C#N. The Balaban J connectivity index is 4.02. The van der Waals surface area contributed by atoms with E-state index < -0.39 is 10.8 Å². The van der Waals surface area contributed by atoms with Crippen LogP contribution in [0.1, 0.15) is 27.7 Å². The lowest BCUT2D eigenvalue weighted by Gasteiger charge is -2.12. The van der Waals surface area contributed by atoms with Gasteiger partial charge in [-0.25, -0.2) is 0 Å². The van der Waals surface area contributed by atoms with Crippen LogP contribution < -0.4 is 0 Å². The molecule has 0 N–H and O–H groups in total. The molecule has 14 heavy (non-hydrogen) atoms. The smallest absolute Gasteiger partial charge is 0.0780 e. The van der Waals surface area contributed by atoms with E-state index in [0.717, 1.165) is 0 Å². The topological polar surface area (TPSA) is 72.3 Å². The third-order valence-electron chi connectivity index (χ3n) is 1.64. The summed E-state index contributed by atoms with van der Waals surface area (Å²) >= 11 is 0. The monoisotopic (exact) mass is 192 g/mol. The molecule has 0 fully saturated rings. The number of hydrogen-bond donors (Lipinski definition) is 0. The third-order valence-corrected chi connectivity index (χ3v) is 1.64. The van der Waals surface area contributed by atoms with Crippen molar-refractivity contribution in [2.75, 3.05) is 13.1 Å². The maximum absolute atomic E-state index is 8.70. The number of rotatable bonds is 4. The highest BCUT2D eigenvalue weighted by Crippen LogP contribution is 2.15. The van der Waals surface area contributed by atoms with Gasteiger partial charge in [0.15, 0.2) is 0 Å². The Bertz CT molecular complexity index is 258. The molecule has 0 aromatic rings. The molecule has 0 aliphatic rings. The summed E-state index contributed by atoms with van der Waals surface area (Å²) in [6.07, 6.45) is 0. The van der Waals surface area contributed by atoms with Crippen LogP contribution in [0.2, 0.25) is 0 Å². The van der Waals surface area contributed by atoms with Crippen molar-refractivity contribution in [2.24, 2.45) is 21.1 Å². The third kappa shape index (κ3) is 5.27. The minimum atomic E-state index is -0.472. The van der Waals surface area contributed by atoms with Crippen LogP contribution in [-0.2, 0) is 0 Å². The Morgan fingerprint density at radius 2 is 1.14 bits per heavy atom. The van der Waals surface area contributed by atoms with Gasteiger partial charge in [-0.15, -0.1) is 0 Å². The fraction of sp³-hybridized carbons (Fsp3) is 0.800. The first-order valence-corrected chi connectivity index (χ1v) is 4.49. The minimum Gasteiger partial charge on any atom is -0.198 e. The van der Waals surface area contributed by atoms with Crippen LogP contribution in [0.4, 0.5) is 0 Å². The van der Waals surface area contributed by atoms with Crippen LogP contribution in [0.25, 0.3) is 0 Å². The van der Waals surface area contributed by atoms with E-state index in [1.165, 1.54) is 0 Å². The molecule has 0 aliphatic heterocycles. The molecule has 0 amide bonds. The van der Waals surface area contributed by atoms with Gasteiger partial charge in [0.25, 0.3) is 0 Å². The van der Waals surface area contributed by atoms with Crippen LogP contribution in [0.15, 0.2) is 10.2 Å². The Hall–Kier alpha value is -1.42. The summed E-state index contributed by atoms with van der Waals surface area (Å²) in [4.78, 5) is 0. The number of nitriles is 2. The molecule has 0 bridgehead atoms. The zero-order valence-electron chi connectivity index (χ0n) is 9.20. The van der Waals surface area contributed by atoms with Crippen LogP contribution in [0.3, 0.4) is 0 Å². The van der Waals surface area contributed by atoms with E-state index in [0.29, 0.717) is 13.1 Å². The molecule has 0 unspecified atom stereocenters. The summed E-state index contributed by atoms with van der Waals surface area (Å²) in [7, 11) is 0. The molecule has 0 radical (unpaired) electrons. The zero-order valence-corrected chi connectivity index (χ0v) is 9.20. The summed E-state index contributed by atoms with van der Waals surface area (Å²) in [5.74, 6) is 0. The zero-order chi connectivity index (χ0) is 11.2. The summed E-state index contributed by atoms with van der Waals surface area (Å²) in [6.45, 7) is 7.99. The van der Waals surface area contributed by atoms with Gasteiger partial charge in [-0.1, -0.05) is 0 Å². The van der Waals surface area contributed by atoms with Gasteiger partial charge in [0.1, 0.15) is 0 Å². The summed E-state index contributed by atoms with van der Waals surface area (Å²) in [5.41, 5.74) is -0.944. The van der Waals surface area contributed by atoms with Crippen LogP contribution in [-0.4, -0.2) is 13.1 Å². The van der Waals surface area contributed by atoms with Gasteiger partial charge in [-0.2, -0.15) is 20.8 Å². The summed E-state index contributed by atoms with van der Waals surface area (Å²) in [5, 5.41) is 25.2. The number of hydrogen-bond acceptors (Lipinski definition) is 4. The van der Waals surface area contributed by atoms with E-state index in [1.54, 1.807) is 27.7 Å². The number of azo groups is 1. The largest absolute Gasteiger partial charge is 0.198 e. The molecular weight excluding hydrogens is 176 g/mol. The highest BCUT2D eigenvalue weighted by Gasteiger charge is 2.17. The molecule has 4 heteroatoms. The first kappa shape index (κ1) is 12.6. The second-order valence-corrected chi connectivity index (χ2v) is 4.59. The van der Waals surface area contributed by atoms with Crippen LogP contribution in [0.5, 0.6) is 0 Å². The van der Waals surface area contributed by atoms with Gasteiger partial charge in [0, 0.05) is 0 Å². The Morgan fingerprint density at radius 3 is 1.36 bits per heavy atom. The van der Waals surface area contributed by atoms with Gasteiger partial charge in [0.05, 0.1) is 36.1 Å². The molecule has 0 aliphatic carbocycles. The number of nitrogens with zero attached hydrogens (tertiary/aromatic N) is 4. The molecule has 4 nitrogen and oxygen atoms in total. The quantitative estimate of drug-likeness (QED) is 0.642. The van der Waals surface area contributed by atoms with Gasteiger partial charge < -0.3 is 0 Å². The van der Waals surface area contributed by atoms with E-state index in [2.05, 4.69) is 22.4 Å². The van der Waals surface area contributed by atoms with E-state index in [1.807, 2.05) is 0 Å². The lowest BCUT2D eigenvalue weighted by molar-refractivity contribution is 0.466. The standard InChI is InChI=1S/C10H16N4/c1-9(2,5-11)7-13-14-8-10(3,4)6-12/h7-8H2,1-4H3. The van der Waals surface area contributed by atoms with E-state index in [-0.39, 0.29) is 0 Å². The maximum atomic E-state index is 8.70. The molecule has 0 aromatic heterocycles. The predicted octanol–water partition coefficient (Wildman–Crippen LogP) is 2.54. The molecule has 0 rings (SSSR count). The van der Waals surface area contributed by atoms with Crippen LogP contribution >= 0.6 is 0 Å². The van der Waals surface area contributed by atoms with Crippen molar-refractivity contribution in [3.63, 3.8) is 0 Å². The van der Waals surface area contributed by atoms with Crippen molar-refractivity contribution >= 4 is 0 Å². The van der Waals surface area contributed by atoms with E-state index >= 15 is 0 Å². The molecule has 0 saturated heterocycles. The minimum absolute atomic E-state index is 0.380. The summed E-state index contributed by atoms with van der Waals surface area (Å²) < 4.78 is 0. The fourth-order valence-corrected chi connectivity index (χ4v) is 0.524.